The molecule has 0 bridgehead atoms. The standard InChI is InChI=1S/C14H17N3O3S.ClH/c1-20-13-4-10(5-15)2-3-14(13)21(18,19)17-8-11-6-16-7-12(11)9-17;/h2-4,11-12,16H,6-9H2,1H3;1H/t11-,12+;. The zero-order valence-electron chi connectivity index (χ0n) is 12.2. The van der Waals surface area contributed by atoms with Crippen molar-refractivity contribution in [3.05, 3.63) is 23.8 Å². The van der Waals surface area contributed by atoms with Crippen LogP contribution in [0, 0.1) is 23.2 Å². The van der Waals surface area contributed by atoms with E-state index in [1.165, 1.54) is 29.6 Å². The van der Waals surface area contributed by atoms with Gasteiger partial charge in [0.25, 0.3) is 0 Å². The Balaban J connectivity index is 0.00000176. The Kier molecular flexibility index (Phi) is 4.97. The molecule has 0 radical (unpaired) electrons. The first-order valence-corrected chi connectivity index (χ1v) is 8.29. The molecule has 120 valence electrons. The van der Waals surface area contributed by atoms with Gasteiger partial charge in [0.15, 0.2) is 0 Å². The van der Waals surface area contributed by atoms with E-state index in [4.69, 9.17) is 10.00 Å². The molecule has 0 saturated carbocycles. The molecule has 0 aromatic heterocycles. The zero-order valence-corrected chi connectivity index (χ0v) is 13.8. The van der Waals surface area contributed by atoms with Gasteiger partial charge in [-0.05, 0) is 43.1 Å². The second-order valence-corrected chi connectivity index (χ2v) is 7.38. The van der Waals surface area contributed by atoms with Crippen molar-refractivity contribution in [3.63, 3.8) is 0 Å². The van der Waals surface area contributed by atoms with Gasteiger partial charge >= 0.3 is 0 Å². The number of nitrogens with zero attached hydrogens (tertiary/aromatic N) is 2. The van der Waals surface area contributed by atoms with Crippen LogP contribution in [-0.2, 0) is 10.0 Å². The number of ether oxygens (including phenoxy) is 1. The third-order valence-electron chi connectivity index (χ3n) is 4.27. The molecule has 2 fully saturated rings. The van der Waals surface area contributed by atoms with Crippen molar-refractivity contribution in [2.24, 2.45) is 11.8 Å². The summed E-state index contributed by atoms with van der Waals surface area (Å²) < 4.78 is 32.3. The maximum absolute atomic E-state index is 12.8. The first-order valence-electron chi connectivity index (χ1n) is 6.85. The number of sulfonamides is 1. The molecule has 0 spiro atoms. The number of halogens is 1. The minimum absolute atomic E-state index is 0. The lowest BCUT2D eigenvalue weighted by molar-refractivity contribution is 0.396. The van der Waals surface area contributed by atoms with E-state index in [0.29, 0.717) is 30.5 Å². The number of nitriles is 1. The Labute approximate surface area is 136 Å². The maximum Gasteiger partial charge on any atom is 0.246 e. The SMILES string of the molecule is COc1cc(C#N)ccc1S(=O)(=O)N1C[C@H]2CNC[C@H]2C1.Cl. The molecule has 22 heavy (non-hydrogen) atoms. The molecule has 8 heteroatoms. The third-order valence-corrected chi connectivity index (χ3v) is 6.14. The maximum atomic E-state index is 12.8. The molecule has 1 N–H and O–H groups in total. The minimum Gasteiger partial charge on any atom is -0.495 e. The van der Waals surface area contributed by atoms with E-state index in [0.717, 1.165) is 13.1 Å². The molecule has 2 atom stereocenters. The summed E-state index contributed by atoms with van der Waals surface area (Å²) in [4.78, 5) is 0.136. The molecule has 2 heterocycles. The first-order chi connectivity index (χ1) is 10.1. The molecular weight excluding hydrogens is 326 g/mol. The normalized spacial score (nSPS) is 24.4. The van der Waals surface area contributed by atoms with Crippen LogP contribution in [0.2, 0.25) is 0 Å². The Bertz CT molecular complexity index is 690. The number of rotatable bonds is 3. The van der Waals surface area contributed by atoms with Crippen LogP contribution in [-0.4, -0.2) is 46.0 Å². The van der Waals surface area contributed by atoms with Crippen molar-refractivity contribution in [2.45, 2.75) is 4.90 Å². The van der Waals surface area contributed by atoms with Gasteiger partial charge in [-0.25, -0.2) is 8.42 Å². The summed E-state index contributed by atoms with van der Waals surface area (Å²) in [6.45, 7) is 2.84. The quantitative estimate of drug-likeness (QED) is 0.879. The van der Waals surface area contributed by atoms with E-state index in [2.05, 4.69) is 5.32 Å². The fraction of sp³-hybridized carbons (Fsp3) is 0.500. The van der Waals surface area contributed by atoms with E-state index >= 15 is 0 Å². The molecular formula is C14H18ClN3O3S. The van der Waals surface area contributed by atoms with Gasteiger partial charge in [-0.2, -0.15) is 9.57 Å². The lowest BCUT2D eigenvalue weighted by Crippen LogP contribution is -2.32. The van der Waals surface area contributed by atoms with Crippen molar-refractivity contribution in [1.29, 1.82) is 5.26 Å². The number of hydrogen-bond donors (Lipinski definition) is 1. The van der Waals surface area contributed by atoms with Gasteiger partial charge in [-0.15, -0.1) is 12.4 Å². The summed E-state index contributed by atoms with van der Waals surface area (Å²) in [6.07, 6.45) is 0. The average molecular weight is 344 g/mol. The predicted octanol–water partition coefficient (Wildman–Crippen LogP) is 0.829. The van der Waals surface area contributed by atoms with Crippen molar-refractivity contribution in [3.8, 4) is 11.8 Å². The number of methoxy groups -OCH3 is 1. The highest BCUT2D eigenvalue weighted by atomic mass is 35.5. The van der Waals surface area contributed by atoms with E-state index in [1.54, 1.807) is 0 Å². The molecule has 6 nitrogen and oxygen atoms in total. The van der Waals surface area contributed by atoms with Crippen LogP contribution in [0.5, 0.6) is 5.75 Å². The van der Waals surface area contributed by atoms with Gasteiger partial charge in [0.1, 0.15) is 10.6 Å². The van der Waals surface area contributed by atoms with Crippen LogP contribution in [0.15, 0.2) is 23.1 Å². The Morgan fingerprint density at radius 3 is 2.50 bits per heavy atom. The smallest absolute Gasteiger partial charge is 0.246 e. The highest BCUT2D eigenvalue weighted by Crippen LogP contribution is 2.34. The van der Waals surface area contributed by atoms with Crippen molar-refractivity contribution >= 4 is 22.4 Å². The lowest BCUT2D eigenvalue weighted by Gasteiger charge is -2.19. The van der Waals surface area contributed by atoms with E-state index in [9.17, 15) is 8.42 Å². The monoisotopic (exact) mass is 343 g/mol. The number of fused-ring (bicyclic) bond motifs is 1. The van der Waals surface area contributed by atoms with Crippen molar-refractivity contribution < 1.29 is 13.2 Å². The largest absolute Gasteiger partial charge is 0.495 e. The van der Waals surface area contributed by atoms with Gasteiger partial charge < -0.3 is 10.1 Å². The molecule has 2 saturated heterocycles. The Morgan fingerprint density at radius 2 is 1.95 bits per heavy atom. The van der Waals surface area contributed by atoms with Crippen LogP contribution in [0.1, 0.15) is 5.56 Å². The first kappa shape index (κ1) is 17.0. The molecule has 3 rings (SSSR count). The third kappa shape index (κ3) is 2.79. The van der Waals surface area contributed by atoms with Gasteiger partial charge in [0, 0.05) is 13.1 Å². The zero-order chi connectivity index (χ0) is 15.0. The average Bonchev–Trinajstić information content (AvgIpc) is 3.08. The topological polar surface area (TPSA) is 82.4 Å². The summed E-state index contributed by atoms with van der Waals surface area (Å²) in [5.41, 5.74) is 0.383. The van der Waals surface area contributed by atoms with Crippen LogP contribution in [0.3, 0.4) is 0 Å². The Hall–Kier alpha value is -1.33. The summed E-state index contributed by atoms with van der Waals surface area (Å²) in [7, 11) is -2.16. The summed E-state index contributed by atoms with van der Waals surface area (Å²) in [5, 5.41) is 12.2. The van der Waals surface area contributed by atoms with Gasteiger partial charge in [-0.3, -0.25) is 0 Å². The second kappa shape index (κ2) is 6.42. The molecule has 1 aromatic rings. The lowest BCUT2D eigenvalue weighted by atomic mass is 10.0. The Morgan fingerprint density at radius 1 is 1.32 bits per heavy atom. The molecule has 0 aliphatic carbocycles. The van der Waals surface area contributed by atoms with Crippen molar-refractivity contribution in [1.82, 2.24) is 9.62 Å². The molecule has 1 aromatic carbocycles. The molecule has 2 aliphatic heterocycles. The summed E-state index contributed by atoms with van der Waals surface area (Å²) in [6, 6.07) is 6.41. The highest BCUT2D eigenvalue weighted by Gasteiger charge is 2.42. The number of benzene rings is 1. The van der Waals surface area contributed by atoms with E-state index < -0.39 is 10.0 Å². The van der Waals surface area contributed by atoms with E-state index in [-0.39, 0.29) is 23.1 Å². The fourth-order valence-electron chi connectivity index (χ4n) is 3.10. The fourth-order valence-corrected chi connectivity index (χ4v) is 4.79. The van der Waals surface area contributed by atoms with Gasteiger partial charge in [0.2, 0.25) is 10.0 Å². The predicted molar refractivity (Wildman–Crippen MR) is 83.6 cm³/mol. The van der Waals surface area contributed by atoms with Crippen LogP contribution in [0.25, 0.3) is 0 Å². The molecule has 0 unspecified atom stereocenters. The highest BCUT2D eigenvalue weighted by molar-refractivity contribution is 7.89. The summed E-state index contributed by atoms with van der Waals surface area (Å²) in [5.74, 6) is 1.01. The van der Waals surface area contributed by atoms with Crippen LogP contribution >= 0.6 is 12.4 Å². The van der Waals surface area contributed by atoms with Crippen LogP contribution < -0.4 is 10.1 Å². The van der Waals surface area contributed by atoms with Gasteiger partial charge in [-0.1, -0.05) is 0 Å². The van der Waals surface area contributed by atoms with Crippen molar-refractivity contribution in [2.75, 3.05) is 33.3 Å². The second-order valence-electron chi connectivity index (χ2n) is 5.48. The minimum atomic E-state index is -3.58. The summed E-state index contributed by atoms with van der Waals surface area (Å²) >= 11 is 0. The van der Waals surface area contributed by atoms with Gasteiger partial charge in [0.05, 0.1) is 18.7 Å². The number of nitrogens with one attached hydrogen (secondary N) is 1. The van der Waals surface area contributed by atoms with Crippen LogP contribution in [0.4, 0.5) is 0 Å². The molecule has 0 amide bonds. The number of hydrogen-bond acceptors (Lipinski definition) is 5. The van der Waals surface area contributed by atoms with E-state index in [1.807, 2.05) is 6.07 Å². The molecule has 2 aliphatic rings.